The van der Waals surface area contributed by atoms with Gasteiger partial charge in [0, 0.05) is 90.8 Å². The molecule has 0 radical (unpaired) electrons. The highest BCUT2D eigenvalue weighted by atomic mass is 16.5. The van der Waals surface area contributed by atoms with Gasteiger partial charge in [0.15, 0.2) is 11.6 Å². The number of aryl methyl sites for hydroxylation is 12. The minimum Gasteiger partial charge on any atom is -0.457 e. The smallest absolute Gasteiger partial charge is 0.255 e. The molecule has 710 valence electrons. The van der Waals surface area contributed by atoms with Gasteiger partial charge in [-0.05, 0) is 424 Å². The van der Waals surface area contributed by atoms with Gasteiger partial charge >= 0.3 is 0 Å². The van der Waals surface area contributed by atoms with E-state index in [2.05, 4.69) is 137 Å². The molecule has 0 saturated heterocycles. The molecule has 0 atom stereocenters. The molecule has 0 spiro atoms. The number of Topliss-reactive ketones (excluding diaryl/α,β-unsaturated/α-hetero) is 2. The van der Waals surface area contributed by atoms with E-state index in [1.54, 1.807) is 0 Å². The van der Waals surface area contributed by atoms with Crippen molar-refractivity contribution in [2.45, 2.75) is 101 Å². The minimum absolute atomic E-state index is 0.121. The summed E-state index contributed by atoms with van der Waals surface area (Å²) in [6.07, 6.45) is 0.729. The highest BCUT2D eigenvalue weighted by Crippen LogP contribution is 2.57. The van der Waals surface area contributed by atoms with Crippen molar-refractivity contribution in [3.8, 4) is 68.2 Å². The van der Waals surface area contributed by atoms with Gasteiger partial charge in [-0.1, -0.05) is 170 Å². The molecule has 1 aromatic heterocycles. The third-order valence-electron chi connectivity index (χ3n) is 27.2. The van der Waals surface area contributed by atoms with Crippen LogP contribution < -0.4 is 40.2 Å². The summed E-state index contributed by atoms with van der Waals surface area (Å²) in [5, 5.41) is 14.1. The Kier molecular flexibility index (Phi) is 28.4. The van der Waals surface area contributed by atoms with Gasteiger partial charge in [0.2, 0.25) is 0 Å². The number of benzene rings is 18. The average molecular weight is 1890 g/mol. The topological polar surface area (TPSA) is 203 Å². The van der Waals surface area contributed by atoms with Crippen molar-refractivity contribution in [2.24, 2.45) is 0 Å². The molecule has 0 fully saturated rings. The molecule has 0 aliphatic heterocycles. The van der Waals surface area contributed by atoms with Crippen LogP contribution in [0.25, 0.3) is 44.1 Å². The van der Waals surface area contributed by atoms with Crippen molar-refractivity contribution in [1.82, 2.24) is 4.98 Å². The predicted molar refractivity (Wildman–Crippen MR) is 581 cm³/mol. The van der Waals surface area contributed by atoms with Crippen LogP contribution >= 0.6 is 0 Å². The monoisotopic (exact) mass is 1890 g/mol. The van der Waals surface area contributed by atoms with Crippen LogP contribution in [-0.2, 0) is 18.3 Å². The molecule has 1 aliphatic carbocycles. The van der Waals surface area contributed by atoms with Crippen LogP contribution in [0, 0.1) is 83.1 Å². The van der Waals surface area contributed by atoms with Gasteiger partial charge < -0.3 is 45.2 Å². The maximum atomic E-state index is 12.9. The van der Waals surface area contributed by atoms with Crippen molar-refractivity contribution in [3.63, 3.8) is 0 Å². The molecule has 1 aliphatic rings. The molecule has 18 aromatic carbocycles. The third-order valence-corrected chi connectivity index (χ3v) is 27.2. The molecule has 19 aromatic rings. The first-order valence-electron chi connectivity index (χ1n) is 48.2. The first-order valence-corrected chi connectivity index (χ1v) is 48.2. The van der Waals surface area contributed by atoms with Crippen LogP contribution in [0.3, 0.4) is 0 Å². The lowest BCUT2D eigenvalue weighted by atomic mass is 9.68. The zero-order valence-corrected chi connectivity index (χ0v) is 82.4. The summed E-state index contributed by atoms with van der Waals surface area (Å²) in [5.74, 6) is 5.13. The first-order chi connectivity index (χ1) is 69.6. The second-order valence-corrected chi connectivity index (χ2v) is 37.1. The number of rotatable bonds is 25. The SMILES string of the molecule is Cc1ccc(C(=O)Cc2ccc3c(c2)[nH]c2cc(CC(=O)c4ccc(C)c(C)c4)ccc23)cc1C.Cc1ccc(C(=O)Nc2ccc(Oc3ccc(-c4ccc(Oc5ccc(NC(=O)c6ccc(C)c(C)c6)cc5)cc4)cc3)cc2)cc1C.Cc1ccc(C(=O)Nc2ccc(Oc3ccc(C4(c5ccc(Oc6ccc(NC(=O)c7ccc(C)c(C)c7)cc6)cc5)c5ccccc5-c5ccccc54)cc3)cc2)cc1C. The van der Waals surface area contributed by atoms with E-state index >= 15 is 0 Å². The lowest BCUT2D eigenvalue weighted by Crippen LogP contribution is -2.28. The summed E-state index contributed by atoms with van der Waals surface area (Å²) < 4.78 is 24.7. The summed E-state index contributed by atoms with van der Waals surface area (Å²) in [5.41, 5.74) is 32.8. The van der Waals surface area contributed by atoms with E-state index in [-0.39, 0.29) is 35.2 Å². The molecule has 15 nitrogen and oxygen atoms in total. The minimum atomic E-state index is -0.601. The van der Waals surface area contributed by atoms with Crippen LogP contribution in [0.2, 0.25) is 0 Å². The Bertz CT molecular complexity index is 7610. The van der Waals surface area contributed by atoms with Gasteiger partial charge in [-0.3, -0.25) is 28.8 Å². The summed E-state index contributed by atoms with van der Waals surface area (Å²) in [7, 11) is 0. The van der Waals surface area contributed by atoms with Crippen molar-refractivity contribution >= 4 is 79.8 Å². The number of aromatic nitrogens is 1. The molecular formula is C129H109N5O10. The second kappa shape index (κ2) is 42.5. The summed E-state index contributed by atoms with van der Waals surface area (Å²) >= 11 is 0. The average Bonchev–Trinajstić information content (AvgIpc) is 1.54. The van der Waals surface area contributed by atoms with E-state index in [0.29, 0.717) is 104 Å². The van der Waals surface area contributed by atoms with Crippen LogP contribution in [-0.4, -0.2) is 40.2 Å². The first kappa shape index (κ1) is 96.4. The molecule has 0 unspecified atom stereocenters. The van der Waals surface area contributed by atoms with E-state index in [1.165, 1.54) is 33.4 Å². The number of ether oxygens (including phenoxy) is 4. The number of nitrogens with one attached hydrogen (secondary N) is 5. The number of amides is 4. The van der Waals surface area contributed by atoms with Gasteiger partial charge in [-0.2, -0.15) is 0 Å². The maximum Gasteiger partial charge on any atom is 0.255 e. The third kappa shape index (κ3) is 22.1. The number of fused-ring (bicyclic) bond motifs is 6. The van der Waals surface area contributed by atoms with Crippen LogP contribution in [0.15, 0.2) is 388 Å². The van der Waals surface area contributed by atoms with Gasteiger partial charge in [0.05, 0.1) is 5.41 Å². The lowest BCUT2D eigenvalue weighted by Gasteiger charge is -2.34. The Labute approximate surface area is 839 Å². The number of hydrogen-bond acceptors (Lipinski definition) is 10. The van der Waals surface area contributed by atoms with E-state index in [1.807, 2.05) is 360 Å². The largest absolute Gasteiger partial charge is 0.457 e. The molecule has 15 heteroatoms. The summed E-state index contributed by atoms with van der Waals surface area (Å²) in [6, 6.07) is 126. The summed E-state index contributed by atoms with van der Waals surface area (Å²) in [4.78, 5) is 80.2. The molecule has 0 bridgehead atoms. The van der Waals surface area contributed by atoms with Crippen molar-refractivity contribution in [1.29, 1.82) is 0 Å². The van der Waals surface area contributed by atoms with E-state index in [0.717, 1.165) is 122 Å². The van der Waals surface area contributed by atoms with Crippen molar-refractivity contribution < 1.29 is 47.7 Å². The lowest BCUT2D eigenvalue weighted by molar-refractivity contribution is 0.0984. The van der Waals surface area contributed by atoms with Gasteiger partial charge in [-0.15, -0.1) is 0 Å². The molecule has 144 heavy (non-hydrogen) atoms. The number of anilines is 4. The standard InChI is InChI=1S/C55H44N2O4.C42H36N2O4.C32H29NO2/c1-35-13-15-39(33-37(35)3)53(58)56-43-21-29-47(30-22-43)60-45-25-17-41(18-26-45)55(51-11-7-5-9-49(51)50-10-6-8-12-52(50)55)42-19-27-46(28-20-42)61-48-31-23-44(24-32-48)57-54(59)40-16-14-36(2)38(4)34-40;1-27-5-7-33(25-29(27)3)41(45)43-35-13-21-39(22-14-35)47-37-17-9-31(10-18-37)32-11-19-38(20-12-32)48-40-23-15-36(16-24-40)44-42(46)34-8-6-28(2)30(4)26-34;1-19-5-9-25(13-21(19)3)31(34)17-23-7-11-27-28-12-8-24(16-30(28)33-29(27)15-23)18-32(35)26-10-6-20(2)22(4)14-26/h5-34H,1-4H3,(H,56,58)(H,57,59);5-26H,1-4H3,(H,43,45)(H,44,46);5-16,33H,17-18H2,1-4H3. The Morgan fingerprint density at radius 2 is 0.458 bits per heavy atom. The fraction of sp³-hybridized carbons (Fsp3) is 0.116. The molecule has 4 amide bonds. The second-order valence-electron chi connectivity index (χ2n) is 37.1. The zero-order valence-electron chi connectivity index (χ0n) is 82.4. The Morgan fingerprint density at radius 1 is 0.229 bits per heavy atom. The van der Waals surface area contributed by atoms with E-state index in [9.17, 15) is 28.8 Å². The molecular weight excluding hydrogens is 1780 g/mol. The molecule has 5 N–H and O–H groups in total. The highest BCUT2D eigenvalue weighted by molar-refractivity contribution is 6.10. The van der Waals surface area contributed by atoms with Crippen LogP contribution in [0.4, 0.5) is 22.7 Å². The summed E-state index contributed by atoms with van der Waals surface area (Å²) in [6.45, 7) is 24.3. The van der Waals surface area contributed by atoms with Crippen molar-refractivity contribution in [3.05, 3.63) is 522 Å². The Morgan fingerprint density at radius 3 is 0.715 bits per heavy atom. The predicted octanol–water partition coefficient (Wildman–Crippen LogP) is 31.5. The van der Waals surface area contributed by atoms with Gasteiger partial charge in [-0.25, -0.2) is 0 Å². The fourth-order valence-corrected chi connectivity index (χ4v) is 17.9. The maximum absolute atomic E-state index is 12.9. The van der Waals surface area contributed by atoms with Gasteiger partial charge in [0.1, 0.15) is 46.0 Å². The number of hydrogen-bond donors (Lipinski definition) is 5. The fourth-order valence-electron chi connectivity index (χ4n) is 17.9. The van der Waals surface area contributed by atoms with Crippen LogP contribution in [0.1, 0.15) is 162 Å². The number of carbonyl (C=O) groups is 6. The Hall–Kier alpha value is -17.8. The van der Waals surface area contributed by atoms with Gasteiger partial charge in [0.25, 0.3) is 23.6 Å². The number of ketones is 2. The molecule has 0 saturated carbocycles. The number of aromatic amines is 1. The zero-order chi connectivity index (χ0) is 100. The number of H-pyrrole nitrogens is 1. The van der Waals surface area contributed by atoms with E-state index in [4.69, 9.17) is 18.9 Å². The quantitative estimate of drug-likeness (QED) is 0.0343. The number of carbonyl (C=O) groups excluding carboxylic acids is 6. The Balaban J connectivity index is 0.000000148. The molecule has 1 heterocycles. The van der Waals surface area contributed by atoms with E-state index < -0.39 is 5.41 Å². The van der Waals surface area contributed by atoms with Crippen LogP contribution in [0.5, 0.6) is 46.0 Å². The normalized spacial score (nSPS) is 11.5. The molecule has 20 rings (SSSR count). The van der Waals surface area contributed by atoms with Crippen molar-refractivity contribution in [2.75, 3.05) is 21.3 Å². The highest BCUT2D eigenvalue weighted by Gasteiger charge is 2.46.